The number of hydrogen-bond acceptors (Lipinski definition) is 3. The van der Waals surface area contributed by atoms with Crippen LogP contribution in [-0.4, -0.2) is 14.1 Å². The summed E-state index contributed by atoms with van der Waals surface area (Å²) in [6.07, 6.45) is 5.63. The minimum absolute atomic E-state index is 0. The summed E-state index contributed by atoms with van der Waals surface area (Å²) < 4.78 is 13.1. The Balaban J connectivity index is 0.00000494. The average Bonchev–Trinajstić information content (AvgIpc) is 3.94. The monoisotopic (exact) mass is 1040 g/mol. The average molecular weight is 1040 g/mol. The molecule has 0 bridgehead atoms. The standard InChI is InChI=1S/C60H39N5O.Pt/c1-5-19-43(20-6-1)51-30-18-31-52(44-21-7-2-8-22-44)60(51)63-42-62(56-33-15-16-34-57(56)63)47-27-17-28-49(39-47)66-50-35-36-54-53-29-13-14-32-55(53)65(58(54)41-50)59-40-48(37-38-61-59)64(45-23-9-3-10-24-45)46-25-11-4-12-26-46;/h1-38,40H;/q-2;. The van der Waals surface area contributed by atoms with Crippen LogP contribution in [0.3, 0.4) is 0 Å². The van der Waals surface area contributed by atoms with Gasteiger partial charge in [0.05, 0.1) is 22.4 Å². The summed E-state index contributed by atoms with van der Waals surface area (Å²) in [6, 6.07) is 86.7. The van der Waals surface area contributed by atoms with E-state index in [0.717, 1.165) is 89.3 Å². The van der Waals surface area contributed by atoms with Gasteiger partial charge in [-0.15, -0.1) is 29.7 Å². The molecule has 0 saturated carbocycles. The second-order valence-corrected chi connectivity index (χ2v) is 16.0. The number of rotatable bonds is 10. The number of nitrogens with zero attached hydrogens (tertiary/aromatic N) is 5. The fourth-order valence-corrected chi connectivity index (χ4v) is 9.08. The largest absolute Gasteiger partial charge is 0.510 e. The van der Waals surface area contributed by atoms with E-state index in [-0.39, 0.29) is 21.1 Å². The molecule has 0 saturated heterocycles. The van der Waals surface area contributed by atoms with Gasteiger partial charge in [0.2, 0.25) is 0 Å². The van der Waals surface area contributed by atoms with Gasteiger partial charge in [-0.25, -0.2) is 4.98 Å². The van der Waals surface area contributed by atoms with Gasteiger partial charge >= 0.3 is 0 Å². The Labute approximate surface area is 403 Å². The minimum atomic E-state index is 0. The second kappa shape index (κ2) is 17.9. The fourth-order valence-electron chi connectivity index (χ4n) is 9.08. The smallest absolute Gasteiger partial charge is 0.268 e. The molecule has 12 rings (SSSR count). The molecular weight excluding hydrogens is 1000 g/mol. The molecule has 0 aliphatic heterocycles. The minimum Gasteiger partial charge on any atom is -0.510 e. The molecule has 3 aromatic heterocycles. The zero-order chi connectivity index (χ0) is 43.8. The molecular formula is C60H39N5OPt-2. The number of pyridine rings is 1. The summed E-state index contributed by atoms with van der Waals surface area (Å²) in [4.78, 5) is 7.21. The number of imidazole rings is 1. The molecule has 0 radical (unpaired) electrons. The van der Waals surface area contributed by atoms with E-state index in [1.807, 2.05) is 42.6 Å². The van der Waals surface area contributed by atoms with Crippen molar-refractivity contribution in [2.45, 2.75) is 0 Å². The van der Waals surface area contributed by atoms with Crippen LogP contribution in [0.15, 0.2) is 237 Å². The molecule has 7 heteroatoms. The third-order valence-electron chi connectivity index (χ3n) is 12.0. The quantitative estimate of drug-likeness (QED) is 0.101. The third-order valence-corrected chi connectivity index (χ3v) is 12.0. The zero-order valence-electron chi connectivity index (χ0n) is 36.0. The summed E-state index contributed by atoms with van der Waals surface area (Å²) in [5.74, 6) is 1.89. The summed E-state index contributed by atoms with van der Waals surface area (Å²) in [7, 11) is 0. The molecule has 322 valence electrons. The van der Waals surface area contributed by atoms with Crippen molar-refractivity contribution in [2.75, 3.05) is 4.90 Å². The predicted molar refractivity (Wildman–Crippen MR) is 266 cm³/mol. The first-order valence-corrected chi connectivity index (χ1v) is 22.0. The topological polar surface area (TPSA) is 39.1 Å². The van der Waals surface area contributed by atoms with E-state index in [1.165, 1.54) is 0 Å². The Kier molecular flexibility index (Phi) is 11.1. The number of hydrogen-bond donors (Lipinski definition) is 0. The Hall–Kier alpha value is -8.31. The van der Waals surface area contributed by atoms with E-state index in [9.17, 15) is 0 Å². The van der Waals surface area contributed by atoms with Crippen molar-refractivity contribution in [1.82, 2.24) is 14.1 Å². The number of anilines is 3. The summed E-state index contributed by atoms with van der Waals surface area (Å²) in [5.41, 5.74) is 13.3. The molecule has 0 amide bonds. The Morgan fingerprint density at radius 3 is 1.75 bits per heavy atom. The molecule has 12 aromatic rings. The number of ether oxygens (including phenoxy) is 1. The van der Waals surface area contributed by atoms with Crippen molar-refractivity contribution in [2.24, 2.45) is 0 Å². The Morgan fingerprint density at radius 1 is 0.478 bits per heavy atom. The number of para-hydroxylation sites is 6. The van der Waals surface area contributed by atoms with Crippen LogP contribution in [0.25, 0.3) is 72.3 Å². The predicted octanol–water partition coefficient (Wildman–Crippen LogP) is 14.4. The molecule has 67 heavy (non-hydrogen) atoms. The molecule has 9 aromatic carbocycles. The van der Waals surface area contributed by atoms with Gasteiger partial charge in [0.15, 0.2) is 0 Å². The van der Waals surface area contributed by atoms with Gasteiger partial charge in [-0.05, 0) is 69.7 Å². The van der Waals surface area contributed by atoms with Gasteiger partial charge < -0.3 is 18.8 Å². The zero-order valence-corrected chi connectivity index (χ0v) is 38.2. The molecule has 0 aliphatic carbocycles. The molecule has 0 spiro atoms. The van der Waals surface area contributed by atoms with Crippen LogP contribution in [0, 0.1) is 18.5 Å². The first kappa shape index (κ1) is 41.4. The molecule has 0 unspecified atom stereocenters. The number of benzene rings is 9. The van der Waals surface area contributed by atoms with Crippen molar-refractivity contribution >= 4 is 49.9 Å². The van der Waals surface area contributed by atoms with Crippen molar-refractivity contribution in [3.05, 3.63) is 255 Å². The van der Waals surface area contributed by atoms with Crippen LogP contribution < -0.4 is 14.2 Å². The molecule has 3 heterocycles. The van der Waals surface area contributed by atoms with Crippen LogP contribution >= 0.6 is 0 Å². The maximum Gasteiger partial charge on any atom is 0.268 e. The summed E-state index contributed by atoms with van der Waals surface area (Å²) in [6.45, 7) is 0. The number of aromatic nitrogens is 4. The van der Waals surface area contributed by atoms with E-state index < -0.39 is 0 Å². The van der Waals surface area contributed by atoms with E-state index in [1.54, 1.807) is 0 Å². The van der Waals surface area contributed by atoms with Gasteiger partial charge in [0, 0.05) is 61.7 Å². The van der Waals surface area contributed by atoms with Gasteiger partial charge in [-0.3, -0.25) is 4.57 Å². The molecule has 0 atom stereocenters. The normalized spacial score (nSPS) is 11.2. The van der Waals surface area contributed by atoms with Crippen LogP contribution in [0.5, 0.6) is 11.5 Å². The Bertz CT molecular complexity index is 3590. The maximum atomic E-state index is 6.68. The van der Waals surface area contributed by atoms with Crippen molar-refractivity contribution in [3.63, 3.8) is 0 Å². The molecule has 0 fully saturated rings. The molecule has 6 nitrogen and oxygen atoms in total. The van der Waals surface area contributed by atoms with Crippen LogP contribution in [0.4, 0.5) is 17.1 Å². The van der Waals surface area contributed by atoms with E-state index in [0.29, 0.717) is 11.5 Å². The van der Waals surface area contributed by atoms with Crippen LogP contribution in [-0.2, 0) is 21.1 Å². The van der Waals surface area contributed by atoms with E-state index in [4.69, 9.17) is 9.72 Å². The van der Waals surface area contributed by atoms with Gasteiger partial charge in [-0.1, -0.05) is 163 Å². The first-order valence-electron chi connectivity index (χ1n) is 22.0. The fraction of sp³-hybridized carbons (Fsp3) is 0. The SMILES string of the molecule is [Pt].[c-]1c(Oc2[c-]c3c(cc2)c2ccccc2n3-c2cc(N(c3ccccc3)c3ccccc3)ccn2)cccc1-n1[c-][n+](-c2c(-c3ccccc3)cccc2-c2ccccc2)c2ccccc21. The van der Waals surface area contributed by atoms with Crippen molar-refractivity contribution in [1.29, 1.82) is 0 Å². The second-order valence-electron chi connectivity index (χ2n) is 16.0. The van der Waals surface area contributed by atoms with E-state index >= 15 is 0 Å². The maximum absolute atomic E-state index is 6.68. The van der Waals surface area contributed by atoms with Crippen molar-refractivity contribution < 1.29 is 30.4 Å². The summed E-state index contributed by atoms with van der Waals surface area (Å²) in [5, 5.41) is 2.15. The van der Waals surface area contributed by atoms with Crippen LogP contribution in [0.1, 0.15) is 0 Å². The van der Waals surface area contributed by atoms with Crippen molar-refractivity contribution in [3.8, 4) is 50.9 Å². The third kappa shape index (κ3) is 7.67. The van der Waals surface area contributed by atoms with Gasteiger partial charge in [0.1, 0.15) is 5.82 Å². The summed E-state index contributed by atoms with van der Waals surface area (Å²) >= 11 is 0. The molecule has 0 aliphatic rings. The first-order chi connectivity index (χ1) is 32.7. The van der Waals surface area contributed by atoms with Crippen LogP contribution in [0.2, 0.25) is 0 Å². The van der Waals surface area contributed by atoms with E-state index in [2.05, 4.69) is 231 Å². The molecule has 0 N–H and O–H groups in total. The Morgan fingerprint density at radius 2 is 1.06 bits per heavy atom. The number of fused-ring (bicyclic) bond motifs is 4. The van der Waals surface area contributed by atoms with Gasteiger partial charge in [-0.2, -0.15) is 18.2 Å². The van der Waals surface area contributed by atoms with Gasteiger partial charge in [0.25, 0.3) is 6.33 Å².